The fourth-order valence-electron chi connectivity index (χ4n) is 3.26. The minimum atomic E-state index is -1.11. The Morgan fingerprint density at radius 2 is 2.00 bits per heavy atom. The molecule has 0 saturated heterocycles. The summed E-state index contributed by atoms with van der Waals surface area (Å²) in [5, 5.41) is 9.51. The Morgan fingerprint density at radius 1 is 1.15 bits per heavy atom. The molecule has 3 heterocycles. The third kappa shape index (κ3) is 4.12. The highest BCUT2D eigenvalue weighted by Crippen LogP contribution is 2.32. The molecule has 0 spiro atoms. The molecule has 9 nitrogen and oxygen atoms in total. The molecule has 0 aliphatic carbocycles. The van der Waals surface area contributed by atoms with Gasteiger partial charge < -0.3 is 14.8 Å². The van der Waals surface area contributed by atoms with Crippen LogP contribution in [0.5, 0.6) is 11.5 Å². The van der Waals surface area contributed by atoms with E-state index in [1.54, 1.807) is 12.1 Å². The number of amides is 1. The normalized spacial score (nSPS) is 12.3. The maximum atomic E-state index is 13.8. The first-order valence-corrected chi connectivity index (χ1v) is 10.7. The summed E-state index contributed by atoms with van der Waals surface area (Å²) in [6.45, 7) is 0.425. The lowest BCUT2D eigenvalue weighted by molar-refractivity contribution is -0.118. The topological polar surface area (TPSA) is 111 Å². The Labute approximate surface area is 188 Å². The number of carbonyl (C=O) groups excluding carboxylic acids is 1. The van der Waals surface area contributed by atoms with Crippen LogP contribution in [-0.2, 0) is 11.3 Å². The number of thioether (sulfide) groups is 1. The van der Waals surface area contributed by atoms with Crippen LogP contribution in [0.15, 0.2) is 52.5 Å². The molecule has 5 rings (SSSR count). The van der Waals surface area contributed by atoms with Crippen LogP contribution in [-0.4, -0.2) is 38.2 Å². The lowest BCUT2D eigenvalue weighted by atomic mass is 10.2. The Bertz CT molecular complexity index is 1440. The summed E-state index contributed by atoms with van der Waals surface area (Å²) in [5.74, 6) is -1.26. The molecule has 4 aromatic rings. The molecule has 33 heavy (non-hydrogen) atoms. The molecule has 12 heteroatoms. The second-order valence-corrected chi connectivity index (χ2v) is 7.96. The molecule has 0 radical (unpaired) electrons. The first kappa shape index (κ1) is 20.9. The number of nitrogens with one attached hydrogen (secondary N) is 2. The standard InChI is InChI=1S/C21H15F2N5O4S/c22-14-3-2-12(6-15(14)23)28-20(30)13-8-25-27-19(13)26-21(28)33-9-18(29)24-7-11-1-4-16-17(5-11)32-10-31-16/h1-6,8H,7,9-10H2,(H,24,29)(H,25,27). The summed E-state index contributed by atoms with van der Waals surface area (Å²) in [5.41, 5.74) is 0.608. The van der Waals surface area contributed by atoms with Crippen LogP contribution in [0, 0.1) is 11.6 Å². The van der Waals surface area contributed by atoms with E-state index in [0.29, 0.717) is 11.5 Å². The van der Waals surface area contributed by atoms with Gasteiger partial charge in [0, 0.05) is 12.6 Å². The van der Waals surface area contributed by atoms with Crippen LogP contribution in [0.2, 0.25) is 0 Å². The van der Waals surface area contributed by atoms with E-state index in [4.69, 9.17) is 9.47 Å². The quantitative estimate of drug-likeness (QED) is 0.328. The van der Waals surface area contributed by atoms with Gasteiger partial charge in [-0.1, -0.05) is 17.8 Å². The lowest BCUT2D eigenvalue weighted by Gasteiger charge is -2.12. The highest BCUT2D eigenvalue weighted by Gasteiger charge is 2.18. The van der Waals surface area contributed by atoms with Crippen molar-refractivity contribution in [3.8, 4) is 17.2 Å². The third-order valence-corrected chi connectivity index (χ3v) is 5.81. The van der Waals surface area contributed by atoms with Crippen LogP contribution < -0.4 is 20.3 Å². The number of H-pyrrole nitrogens is 1. The van der Waals surface area contributed by atoms with E-state index in [1.165, 1.54) is 12.3 Å². The Morgan fingerprint density at radius 3 is 2.85 bits per heavy atom. The summed E-state index contributed by atoms with van der Waals surface area (Å²) in [6.07, 6.45) is 1.30. The molecule has 2 aromatic carbocycles. The number of hydrogen-bond donors (Lipinski definition) is 2. The number of aromatic amines is 1. The minimum Gasteiger partial charge on any atom is -0.454 e. The summed E-state index contributed by atoms with van der Waals surface area (Å²) < 4.78 is 38.9. The average Bonchev–Trinajstić information content (AvgIpc) is 3.47. The fraction of sp³-hybridized carbons (Fsp3) is 0.143. The molecule has 0 fully saturated rings. The number of ether oxygens (including phenoxy) is 2. The average molecular weight is 471 g/mol. The first-order valence-electron chi connectivity index (χ1n) is 9.69. The maximum Gasteiger partial charge on any atom is 0.269 e. The van der Waals surface area contributed by atoms with Crippen molar-refractivity contribution >= 4 is 28.7 Å². The van der Waals surface area contributed by atoms with E-state index in [0.717, 1.165) is 34.0 Å². The number of aromatic nitrogens is 4. The van der Waals surface area contributed by atoms with E-state index in [9.17, 15) is 18.4 Å². The maximum absolute atomic E-state index is 13.8. The molecule has 1 aliphatic rings. The van der Waals surface area contributed by atoms with Gasteiger partial charge in [0.25, 0.3) is 5.56 Å². The SMILES string of the molecule is O=C(CSc1nc2[nH]ncc2c(=O)n1-c1ccc(F)c(F)c1)NCc1ccc2c(c1)OCO2. The fourth-order valence-corrected chi connectivity index (χ4v) is 4.09. The van der Waals surface area contributed by atoms with Gasteiger partial charge in [-0.05, 0) is 29.8 Å². The smallest absolute Gasteiger partial charge is 0.269 e. The van der Waals surface area contributed by atoms with E-state index >= 15 is 0 Å². The predicted octanol–water partition coefficient (Wildman–Crippen LogP) is 2.52. The zero-order valence-corrected chi connectivity index (χ0v) is 17.6. The van der Waals surface area contributed by atoms with Gasteiger partial charge >= 0.3 is 0 Å². The number of nitrogens with zero attached hydrogens (tertiary/aromatic N) is 3. The second kappa shape index (κ2) is 8.54. The van der Waals surface area contributed by atoms with Gasteiger partial charge in [-0.25, -0.2) is 13.8 Å². The largest absolute Gasteiger partial charge is 0.454 e. The Balaban J connectivity index is 1.35. The Hall–Kier alpha value is -3.93. The van der Waals surface area contributed by atoms with Crippen molar-refractivity contribution in [3.63, 3.8) is 0 Å². The van der Waals surface area contributed by atoms with Crippen molar-refractivity contribution < 1.29 is 23.0 Å². The van der Waals surface area contributed by atoms with Crippen molar-refractivity contribution in [2.75, 3.05) is 12.5 Å². The number of halogens is 2. The summed E-state index contributed by atoms with van der Waals surface area (Å²) >= 11 is 0.979. The van der Waals surface area contributed by atoms with Gasteiger partial charge in [-0.2, -0.15) is 5.10 Å². The van der Waals surface area contributed by atoms with Gasteiger partial charge in [0.05, 0.1) is 17.6 Å². The highest BCUT2D eigenvalue weighted by molar-refractivity contribution is 7.99. The molecular formula is C21H15F2N5O4S. The number of hydrogen-bond acceptors (Lipinski definition) is 7. The molecule has 2 N–H and O–H groups in total. The number of benzene rings is 2. The minimum absolute atomic E-state index is 0.0691. The molecule has 1 aliphatic heterocycles. The highest BCUT2D eigenvalue weighted by atomic mass is 32.2. The van der Waals surface area contributed by atoms with E-state index in [2.05, 4.69) is 20.5 Å². The zero-order chi connectivity index (χ0) is 22.9. The van der Waals surface area contributed by atoms with Crippen molar-refractivity contribution in [2.45, 2.75) is 11.7 Å². The van der Waals surface area contributed by atoms with Crippen molar-refractivity contribution in [1.82, 2.24) is 25.1 Å². The van der Waals surface area contributed by atoms with Crippen molar-refractivity contribution in [2.24, 2.45) is 0 Å². The molecule has 1 amide bonds. The van der Waals surface area contributed by atoms with Gasteiger partial charge in [0.2, 0.25) is 12.7 Å². The molecule has 168 valence electrons. The number of carbonyl (C=O) groups is 1. The molecule has 0 atom stereocenters. The second-order valence-electron chi connectivity index (χ2n) is 7.02. The molecule has 0 unspecified atom stereocenters. The molecule has 0 bridgehead atoms. The number of rotatable bonds is 6. The van der Waals surface area contributed by atoms with Crippen molar-refractivity contribution in [1.29, 1.82) is 0 Å². The lowest BCUT2D eigenvalue weighted by Crippen LogP contribution is -2.26. The summed E-state index contributed by atoms with van der Waals surface area (Å²) in [7, 11) is 0. The van der Waals surface area contributed by atoms with Gasteiger partial charge in [0.1, 0.15) is 5.39 Å². The van der Waals surface area contributed by atoms with Gasteiger partial charge in [-0.15, -0.1) is 0 Å². The summed E-state index contributed by atoms with van der Waals surface area (Å²) in [6, 6.07) is 8.44. The van der Waals surface area contributed by atoms with Crippen LogP contribution >= 0.6 is 11.8 Å². The number of fused-ring (bicyclic) bond motifs is 2. The van der Waals surface area contributed by atoms with E-state index < -0.39 is 17.2 Å². The van der Waals surface area contributed by atoms with Crippen LogP contribution in [0.25, 0.3) is 16.7 Å². The summed E-state index contributed by atoms with van der Waals surface area (Å²) in [4.78, 5) is 29.7. The molecule has 2 aromatic heterocycles. The van der Waals surface area contributed by atoms with Crippen LogP contribution in [0.1, 0.15) is 5.56 Å². The first-order chi connectivity index (χ1) is 16.0. The zero-order valence-electron chi connectivity index (χ0n) is 16.8. The van der Waals surface area contributed by atoms with E-state index in [-0.39, 0.29) is 46.9 Å². The van der Waals surface area contributed by atoms with Crippen LogP contribution in [0.4, 0.5) is 8.78 Å². The van der Waals surface area contributed by atoms with Gasteiger partial charge in [0.15, 0.2) is 33.9 Å². The van der Waals surface area contributed by atoms with Crippen molar-refractivity contribution in [3.05, 3.63) is 70.1 Å². The van der Waals surface area contributed by atoms with Crippen LogP contribution in [0.3, 0.4) is 0 Å². The molecule has 0 saturated carbocycles. The van der Waals surface area contributed by atoms with Gasteiger partial charge in [-0.3, -0.25) is 19.3 Å². The van der Waals surface area contributed by atoms with E-state index in [1.807, 2.05) is 6.07 Å². The Kier molecular flexibility index (Phi) is 5.42. The third-order valence-electron chi connectivity index (χ3n) is 4.87. The molecular weight excluding hydrogens is 456 g/mol. The monoisotopic (exact) mass is 471 g/mol. The predicted molar refractivity (Wildman–Crippen MR) is 115 cm³/mol.